The quantitative estimate of drug-likeness (QED) is 0.563. The standard InChI is InChI=1S/C9H20NO4Si/c1-4-12-15(13-5-2,14-6-3)8-7-9(10)11/h10H,4-8H2,1-3H3. The van der Waals surface area contributed by atoms with Gasteiger partial charge in [0.15, 0.2) is 0 Å². The van der Waals surface area contributed by atoms with Crippen molar-refractivity contribution >= 4 is 14.7 Å². The van der Waals surface area contributed by atoms with Crippen molar-refractivity contribution in [2.24, 2.45) is 0 Å². The molecule has 89 valence electrons. The Kier molecular flexibility index (Phi) is 7.58. The fraction of sp³-hybridized carbons (Fsp3) is 0.889. The van der Waals surface area contributed by atoms with Gasteiger partial charge in [0.05, 0.1) is 0 Å². The third-order valence-corrected chi connectivity index (χ3v) is 4.80. The lowest BCUT2D eigenvalue weighted by molar-refractivity contribution is -0.118. The smallest absolute Gasteiger partial charge is 0.374 e. The summed E-state index contributed by atoms with van der Waals surface area (Å²) in [6.45, 7) is 7.09. The minimum Gasteiger partial charge on any atom is -0.374 e. The molecule has 0 atom stereocenters. The van der Waals surface area contributed by atoms with Gasteiger partial charge in [-0.2, -0.15) is 0 Å². The highest BCUT2D eigenvalue weighted by Gasteiger charge is 2.40. The van der Waals surface area contributed by atoms with Crippen LogP contribution in [0.25, 0.3) is 0 Å². The highest BCUT2D eigenvalue weighted by atomic mass is 28.4. The topological polar surface area (TPSA) is 68.6 Å². The number of nitrogens with one attached hydrogen (secondary N) is 1. The van der Waals surface area contributed by atoms with E-state index >= 15 is 0 Å². The van der Waals surface area contributed by atoms with E-state index in [9.17, 15) is 4.79 Å². The number of hydrogen-bond acceptors (Lipinski definition) is 4. The molecule has 0 aliphatic rings. The maximum absolute atomic E-state index is 10.6. The van der Waals surface area contributed by atoms with Gasteiger partial charge in [0.25, 0.3) is 0 Å². The molecule has 0 heterocycles. The zero-order valence-electron chi connectivity index (χ0n) is 9.67. The summed E-state index contributed by atoms with van der Waals surface area (Å²) in [5.41, 5.74) is 6.87. The van der Waals surface area contributed by atoms with Crippen molar-refractivity contribution in [3.8, 4) is 0 Å². The molecule has 0 aromatic carbocycles. The first-order valence-corrected chi connectivity index (χ1v) is 7.19. The Labute approximate surface area is 92.3 Å². The van der Waals surface area contributed by atoms with Crippen LogP contribution in [0.3, 0.4) is 0 Å². The lowest BCUT2D eigenvalue weighted by Crippen LogP contribution is -2.46. The maximum Gasteiger partial charge on any atom is 0.501 e. The maximum atomic E-state index is 10.6. The Morgan fingerprint density at radius 3 is 1.73 bits per heavy atom. The Morgan fingerprint density at radius 2 is 1.47 bits per heavy atom. The molecule has 6 heteroatoms. The first-order valence-electron chi connectivity index (χ1n) is 5.26. The Hall–Kier alpha value is -0.433. The number of amides is 1. The van der Waals surface area contributed by atoms with Crippen LogP contribution >= 0.6 is 0 Å². The molecule has 0 aromatic rings. The van der Waals surface area contributed by atoms with Crippen molar-refractivity contribution < 1.29 is 18.1 Å². The zero-order chi connectivity index (χ0) is 11.7. The van der Waals surface area contributed by atoms with Crippen molar-refractivity contribution in [1.29, 1.82) is 0 Å². The molecule has 0 aromatic heterocycles. The molecule has 0 saturated carbocycles. The molecule has 1 N–H and O–H groups in total. The van der Waals surface area contributed by atoms with E-state index in [1.807, 2.05) is 20.8 Å². The lowest BCUT2D eigenvalue weighted by atomic mass is 10.5. The number of hydrogen-bond donors (Lipinski definition) is 0. The van der Waals surface area contributed by atoms with E-state index in [-0.39, 0.29) is 6.42 Å². The molecule has 1 amide bonds. The number of rotatable bonds is 9. The predicted molar refractivity (Wildman–Crippen MR) is 58.2 cm³/mol. The molecule has 0 aliphatic carbocycles. The van der Waals surface area contributed by atoms with Gasteiger partial charge >= 0.3 is 8.80 Å². The Morgan fingerprint density at radius 1 is 1.07 bits per heavy atom. The van der Waals surface area contributed by atoms with Crippen molar-refractivity contribution in [2.75, 3.05) is 19.8 Å². The lowest BCUT2D eigenvalue weighted by Gasteiger charge is -2.27. The van der Waals surface area contributed by atoms with Crippen LogP contribution in [0.5, 0.6) is 0 Å². The molecule has 0 spiro atoms. The van der Waals surface area contributed by atoms with Crippen LogP contribution < -0.4 is 5.73 Å². The third-order valence-electron chi connectivity index (χ3n) is 1.75. The average Bonchev–Trinajstić information content (AvgIpc) is 2.16. The molecule has 5 nitrogen and oxygen atoms in total. The Balaban J connectivity index is 4.37. The van der Waals surface area contributed by atoms with Crippen LogP contribution in [-0.4, -0.2) is 34.5 Å². The van der Waals surface area contributed by atoms with Crippen molar-refractivity contribution in [3.63, 3.8) is 0 Å². The zero-order valence-corrected chi connectivity index (χ0v) is 10.7. The number of carbonyl (C=O) groups is 1. The van der Waals surface area contributed by atoms with Gasteiger partial charge in [-0.25, -0.2) is 0 Å². The highest BCUT2D eigenvalue weighted by Crippen LogP contribution is 2.17. The molecular formula is C9H20NO4Si. The van der Waals surface area contributed by atoms with Gasteiger partial charge < -0.3 is 13.3 Å². The fourth-order valence-corrected chi connectivity index (χ4v) is 3.80. The second-order valence-corrected chi connectivity index (χ2v) is 5.64. The largest absolute Gasteiger partial charge is 0.501 e. The summed E-state index contributed by atoms with van der Waals surface area (Å²) in [6.07, 6.45) is 0.131. The highest BCUT2D eigenvalue weighted by molar-refractivity contribution is 6.60. The molecule has 0 bridgehead atoms. The number of carbonyl (C=O) groups excluding carboxylic acids is 1. The van der Waals surface area contributed by atoms with Gasteiger partial charge in [0.2, 0.25) is 5.91 Å². The van der Waals surface area contributed by atoms with Crippen LogP contribution in [0.1, 0.15) is 27.2 Å². The van der Waals surface area contributed by atoms with E-state index in [1.54, 1.807) is 0 Å². The molecule has 0 unspecified atom stereocenters. The summed E-state index contributed by atoms with van der Waals surface area (Å²) in [6, 6.07) is 0.394. The molecule has 15 heavy (non-hydrogen) atoms. The van der Waals surface area contributed by atoms with Crippen LogP contribution in [-0.2, 0) is 18.1 Å². The fourth-order valence-electron chi connectivity index (χ4n) is 1.27. The van der Waals surface area contributed by atoms with E-state index in [2.05, 4.69) is 0 Å². The summed E-state index contributed by atoms with van der Waals surface area (Å²) < 4.78 is 16.6. The minimum absolute atomic E-state index is 0.131. The van der Waals surface area contributed by atoms with Gasteiger partial charge in [-0.1, -0.05) is 0 Å². The van der Waals surface area contributed by atoms with Crippen LogP contribution in [0, 0.1) is 0 Å². The van der Waals surface area contributed by atoms with E-state index in [0.717, 1.165) is 0 Å². The molecule has 1 radical (unpaired) electrons. The van der Waals surface area contributed by atoms with Crippen LogP contribution in [0.2, 0.25) is 6.04 Å². The van der Waals surface area contributed by atoms with Crippen LogP contribution in [0.15, 0.2) is 0 Å². The van der Waals surface area contributed by atoms with Gasteiger partial charge in [0.1, 0.15) is 0 Å². The average molecular weight is 234 g/mol. The summed E-state index contributed by atoms with van der Waals surface area (Å²) in [5.74, 6) is -0.606. The van der Waals surface area contributed by atoms with E-state index in [1.165, 1.54) is 0 Å². The van der Waals surface area contributed by atoms with Gasteiger partial charge in [-0.05, 0) is 20.8 Å². The second-order valence-electron chi connectivity index (χ2n) is 2.91. The summed E-state index contributed by atoms with van der Waals surface area (Å²) in [5, 5.41) is 0. The summed E-state index contributed by atoms with van der Waals surface area (Å²) in [7, 11) is -2.70. The minimum atomic E-state index is -2.70. The van der Waals surface area contributed by atoms with Gasteiger partial charge in [-0.3, -0.25) is 10.5 Å². The molecule has 0 rings (SSSR count). The first kappa shape index (κ1) is 14.6. The summed E-state index contributed by atoms with van der Waals surface area (Å²) in [4.78, 5) is 10.6. The predicted octanol–water partition coefficient (Wildman–Crippen LogP) is 1.23. The van der Waals surface area contributed by atoms with Crippen molar-refractivity contribution in [2.45, 2.75) is 33.2 Å². The molecule has 0 saturated heterocycles. The van der Waals surface area contributed by atoms with Gasteiger partial charge in [-0.15, -0.1) is 0 Å². The SMILES string of the molecule is CCO[Si](CCC([NH])=O)(OCC)OCC. The molecule has 0 fully saturated rings. The van der Waals surface area contributed by atoms with Crippen LogP contribution in [0.4, 0.5) is 0 Å². The Bertz CT molecular complexity index is 172. The summed E-state index contributed by atoms with van der Waals surface area (Å²) >= 11 is 0. The first-order chi connectivity index (χ1) is 7.10. The van der Waals surface area contributed by atoms with Crippen molar-refractivity contribution in [1.82, 2.24) is 5.73 Å². The van der Waals surface area contributed by atoms with Gasteiger partial charge in [0, 0.05) is 32.3 Å². The third kappa shape index (κ3) is 5.88. The molecular weight excluding hydrogens is 214 g/mol. The van der Waals surface area contributed by atoms with Crippen molar-refractivity contribution in [3.05, 3.63) is 0 Å². The monoisotopic (exact) mass is 234 g/mol. The second kappa shape index (κ2) is 7.81. The molecule has 0 aliphatic heterocycles. The normalized spacial score (nSPS) is 11.7. The van der Waals surface area contributed by atoms with E-state index in [0.29, 0.717) is 25.9 Å². The van der Waals surface area contributed by atoms with E-state index in [4.69, 9.17) is 19.0 Å². The van der Waals surface area contributed by atoms with E-state index < -0.39 is 14.7 Å².